The van der Waals surface area contributed by atoms with Gasteiger partial charge in [-0.2, -0.15) is 0 Å². The summed E-state index contributed by atoms with van der Waals surface area (Å²) in [6.45, 7) is 0. The summed E-state index contributed by atoms with van der Waals surface area (Å²) >= 11 is 0. The molecule has 1 fully saturated rings. The summed E-state index contributed by atoms with van der Waals surface area (Å²) in [7, 11) is 1.43. The predicted molar refractivity (Wildman–Crippen MR) is 46.6 cm³/mol. The van der Waals surface area contributed by atoms with E-state index in [2.05, 4.69) is 4.74 Å². The van der Waals surface area contributed by atoms with Gasteiger partial charge in [0, 0.05) is 12.5 Å². The molecule has 1 aliphatic carbocycles. The minimum absolute atomic E-state index is 0.127. The Labute approximate surface area is 73.3 Å². The summed E-state index contributed by atoms with van der Waals surface area (Å²) in [6, 6.07) is 0.206. The van der Waals surface area contributed by atoms with Crippen molar-refractivity contribution in [2.75, 3.05) is 7.11 Å². The quantitative estimate of drug-likeness (QED) is 0.632. The maximum absolute atomic E-state index is 10.9. The molecule has 12 heavy (non-hydrogen) atoms. The molecule has 0 heterocycles. The Balaban J connectivity index is 2.33. The van der Waals surface area contributed by atoms with Crippen molar-refractivity contribution >= 4 is 5.97 Å². The van der Waals surface area contributed by atoms with Gasteiger partial charge in [0.05, 0.1) is 7.11 Å². The van der Waals surface area contributed by atoms with E-state index in [1.807, 2.05) is 0 Å². The molecule has 0 aromatic rings. The van der Waals surface area contributed by atoms with E-state index in [0.29, 0.717) is 12.3 Å². The van der Waals surface area contributed by atoms with Crippen LogP contribution in [0.2, 0.25) is 0 Å². The fourth-order valence-corrected chi connectivity index (χ4v) is 1.79. The van der Waals surface area contributed by atoms with Crippen LogP contribution in [0.25, 0.3) is 0 Å². The van der Waals surface area contributed by atoms with Gasteiger partial charge in [0.15, 0.2) is 0 Å². The molecule has 3 nitrogen and oxygen atoms in total. The molecule has 3 heteroatoms. The first-order chi connectivity index (χ1) is 5.74. The summed E-state index contributed by atoms with van der Waals surface area (Å²) in [5, 5.41) is 0. The number of carbonyl (C=O) groups is 1. The van der Waals surface area contributed by atoms with Crippen molar-refractivity contribution in [3.05, 3.63) is 0 Å². The van der Waals surface area contributed by atoms with Crippen molar-refractivity contribution in [3.63, 3.8) is 0 Å². The zero-order chi connectivity index (χ0) is 8.97. The maximum atomic E-state index is 10.9. The Morgan fingerprint density at radius 3 is 2.75 bits per heavy atom. The van der Waals surface area contributed by atoms with Crippen LogP contribution in [0.1, 0.15) is 32.1 Å². The minimum Gasteiger partial charge on any atom is -0.469 e. The zero-order valence-electron chi connectivity index (χ0n) is 7.58. The van der Waals surface area contributed by atoms with Crippen molar-refractivity contribution < 1.29 is 9.53 Å². The third-order valence-electron chi connectivity index (χ3n) is 2.62. The van der Waals surface area contributed by atoms with Crippen molar-refractivity contribution in [2.24, 2.45) is 11.7 Å². The lowest BCUT2D eigenvalue weighted by Gasteiger charge is -2.27. The van der Waals surface area contributed by atoms with Gasteiger partial charge in [-0.1, -0.05) is 12.8 Å². The van der Waals surface area contributed by atoms with Gasteiger partial charge in [-0.3, -0.25) is 4.79 Å². The van der Waals surface area contributed by atoms with Crippen LogP contribution in [0.3, 0.4) is 0 Å². The monoisotopic (exact) mass is 171 g/mol. The van der Waals surface area contributed by atoms with Crippen LogP contribution in [0.4, 0.5) is 0 Å². The van der Waals surface area contributed by atoms with Gasteiger partial charge in [-0.15, -0.1) is 0 Å². The highest BCUT2D eigenvalue weighted by atomic mass is 16.5. The van der Waals surface area contributed by atoms with Gasteiger partial charge in [0.25, 0.3) is 0 Å². The molecule has 0 radical (unpaired) electrons. The Kier molecular flexibility index (Phi) is 3.53. The Morgan fingerprint density at radius 2 is 2.17 bits per heavy atom. The van der Waals surface area contributed by atoms with Crippen LogP contribution in [0.5, 0.6) is 0 Å². The van der Waals surface area contributed by atoms with Crippen molar-refractivity contribution in [1.82, 2.24) is 0 Å². The first-order valence-corrected chi connectivity index (χ1v) is 4.56. The highest BCUT2D eigenvalue weighted by Gasteiger charge is 2.24. The van der Waals surface area contributed by atoms with Crippen LogP contribution < -0.4 is 5.73 Å². The largest absolute Gasteiger partial charge is 0.469 e. The van der Waals surface area contributed by atoms with E-state index in [-0.39, 0.29) is 12.0 Å². The number of ether oxygens (including phenoxy) is 1. The van der Waals surface area contributed by atoms with Crippen LogP contribution in [-0.4, -0.2) is 19.1 Å². The summed E-state index contributed by atoms with van der Waals surface area (Å²) in [5.74, 6) is 0.226. The topological polar surface area (TPSA) is 52.3 Å². The van der Waals surface area contributed by atoms with Gasteiger partial charge in [-0.05, 0) is 18.8 Å². The lowest BCUT2D eigenvalue weighted by Crippen LogP contribution is -2.34. The molecule has 0 aliphatic heterocycles. The average Bonchev–Trinajstić information content (AvgIpc) is 2.09. The van der Waals surface area contributed by atoms with Crippen LogP contribution in [0, 0.1) is 5.92 Å². The molecule has 70 valence electrons. The second-order valence-electron chi connectivity index (χ2n) is 3.49. The number of carbonyl (C=O) groups excluding carboxylic acids is 1. The van der Waals surface area contributed by atoms with E-state index in [1.165, 1.54) is 20.0 Å². The number of esters is 1. The van der Waals surface area contributed by atoms with E-state index in [1.54, 1.807) is 0 Å². The van der Waals surface area contributed by atoms with Gasteiger partial charge < -0.3 is 10.5 Å². The number of hydrogen-bond donors (Lipinski definition) is 1. The molecule has 2 atom stereocenters. The van der Waals surface area contributed by atoms with E-state index in [0.717, 1.165) is 12.8 Å². The molecule has 1 aliphatic rings. The van der Waals surface area contributed by atoms with Crippen molar-refractivity contribution in [1.29, 1.82) is 0 Å². The van der Waals surface area contributed by atoms with E-state index in [9.17, 15) is 4.79 Å². The number of rotatable bonds is 2. The zero-order valence-corrected chi connectivity index (χ0v) is 7.58. The average molecular weight is 171 g/mol. The summed E-state index contributed by atoms with van der Waals surface area (Å²) in [6.07, 6.45) is 5.05. The summed E-state index contributed by atoms with van der Waals surface area (Å²) < 4.78 is 4.61. The Hall–Kier alpha value is -0.570. The minimum atomic E-state index is -0.127. The van der Waals surface area contributed by atoms with Gasteiger partial charge >= 0.3 is 5.97 Å². The fraction of sp³-hybridized carbons (Fsp3) is 0.889. The van der Waals surface area contributed by atoms with Crippen LogP contribution in [-0.2, 0) is 9.53 Å². The molecule has 0 unspecified atom stereocenters. The predicted octanol–water partition coefficient (Wildman–Crippen LogP) is 1.07. The van der Waals surface area contributed by atoms with E-state index in [4.69, 9.17) is 5.73 Å². The number of methoxy groups -OCH3 is 1. The molecule has 2 N–H and O–H groups in total. The molecular formula is C9H17NO2. The first-order valence-electron chi connectivity index (χ1n) is 4.56. The maximum Gasteiger partial charge on any atom is 0.305 e. The van der Waals surface area contributed by atoms with Crippen LogP contribution >= 0.6 is 0 Å². The lowest BCUT2D eigenvalue weighted by molar-refractivity contribution is -0.142. The van der Waals surface area contributed by atoms with Crippen molar-refractivity contribution in [2.45, 2.75) is 38.1 Å². The normalized spacial score (nSPS) is 29.8. The Morgan fingerprint density at radius 1 is 1.50 bits per heavy atom. The number of nitrogens with two attached hydrogens (primary N) is 1. The van der Waals surface area contributed by atoms with E-state index >= 15 is 0 Å². The molecule has 0 amide bonds. The van der Waals surface area contributed by atoms with Crippen LogP contribution in [0.15, 0.2) is 0 Å². The smallest absolute Gasteiger partial charge is 0.305 e. The van der Waals surface area contributed by atoms with Gasteiger partial charge in [0.2, 0.25) is 0 Å². The lowest BCUT2D eigenvalue weighted by atomic mass is 9.83. The fourth-order valence-electron chi connectivity index (χ4n) is 1.79. The molecule has 1 rings (SSSR count). The van der Waals surface area contributed by atoms with E-state index < -0.39 is 0 Å². The highest BCUT2D eigenvalue weighted by Crippen LogP contribution is 2.25. The Bertz CT molecular complexity index is 159. The van der Waals surface area contributed by atoms with Crippen molar-refractivity contribution in [3.8, 4) is 0 Å². The molecule has 0 bridgehead atoms. The third-order valence-corrected chi connectivity index (χ3v) is 2.62. The number of hydrogen-bond acceptors (Lipinski definition) is 3. The molecule has 1 saturated carbocycles. The van der Waals surface area contributed by atoms with Gasteiger partial charge in [-0.25, -0.2) is 0 Å². The second kappa shape index (κ2) is 4.45. The standard InChI is InChI=1S/C9H17NO2/c1-12-9(11)6-7-4-2-3-5-8(7)10/h7-8H,2-6,10H2,1H3/t7-,8-/m0/s1. The molecule has 0 saturated heterocycles. The molecule has 0 aromatic heterocycles. The first kappa shape index (κ1) is 9.52. The highest BCUT2D eigenvalue weighted by molar-refractivity contribution is 5.69. The SMILES string of the molecule is COC(=O)C[C@@H]1CCCC[C@@H]1N. The molecular weight excluding hydrogens is 154 g/mol. The second-order valence-corrected chi connectivity index (χ2v) is 3.49. The molecule has 0 aromatic carbocycles. The summed E-state index contributed by atoms with van der Waals surface area (Å²) in [4.78, 5) is 10.9. The summed E-state index contributed by atoms with van der Waals surface area (Å²) in [5.41, 5.74) is 5.87. The van der Waals surface area contributed by atoms with Gasteiger partial charge in [0.1, 0.15) is 0 Å². The third kappa shape index (κ3) is 2.48. The molecule has 0 spiro atoms.